The molecule has 224 valence electrons. The second-order valence-electron chi connectivity index (χ2n) is 10.5. The highest BCUT2D eigenvalue weighted by atomic mass is 32.2. The normalized spacial score (nSPS) is 14.9. The summed E-state index contributed by atoms with van der Waals surface area (Å²) in [4.78, 5) is 56.0. The molecule has 0 saturated heterocycles. The molecular formula is C35H32N2O6S. The number of Topliss-reactive ketones (excluding diaryl/α,β-unsaturated/α-hetero) is 1. The van der Waals surface area contributed by atoms with E-state index in [0.717, 1.165) is 27.4 Å². The topological polar surface area (TPSA) is 115 Å². The Morgan fingerprint density at radius 3 is 2.34 bits per heavy atom. The maximum Gasteiger partial charge on any atom is 0.331 e. The van der Waals surface area contributed by atoms with Gasteiger partial charge in [0.25, 0.3) is 0 Å². The van der Waals surface area contributed by atoms with Crippen molar-refractivity contribution in [3.63, 3.8) is 0 Å². The van der Waals surface area contributed by atoms with Crippen molar-refractivity contribution in [3.05, 3.63) is 106 Å². The van der Waals surface area contributed by atoms with Gasteiger partial charge in [-0.1, -0.05) is 47.6 Å². The smallest absolute Gasteiger partial charge is 0.331 e. The van der Waals surface area contributed by atoms with E-state index in [9.17, 15) is 24.3 Å². The summed E-state index contributed by atoms with van der Waals surface area (Å²) < 4.78 is 2.14. The van der Waals surface area contributed by atoms with Gasteiger partial charge in [0.2, 0.25) is 5.78 Å². The molecule has 0 spiro atoms. The van der Waals surface area contributed by atoms with Gasteiger partial charge in [0, 0.05) is 64.1 Å². The van der Waals surface area contributed by atoms with Crippen molar-refractivity contribution in [1.82, 2.24) is 4.57 Å². The molecule has 0 amide bonds. The molecule has 1 aliphatic rings. The minimum Gasteiger partial charge on any atom is -0.481 e. The molecule has 1 aliphatic carbocycles. The first kappa shape index (κ1) is 30.7. The van der Waals surface area contributed by atoms with Crippen LogP contribution in [0.15, 0.2) is 89.0 Å². The number of carbonyl (C=O) groups excluding carboxylic acids is 3. The van der Waals surface area contributed by atoms with Crippen LogP contribution in [0.5, 0.6) is 0 Å². The maximum atomic E-state index is 13.8. The lowest BCUT2D eigenvalue weighted by Crippen LogP contribution is -2.18. The fraction of sp³-hybridized carbons (Fsp3) is 0.229. The molecule has 0 saturated carbocycles. The third-order valence-corrected chi connectivity index (χ3v) is 8.82. The van der Waals surface area contributed by atoms with E-state index in [1.165, 1.54) is 18.7 Å². The summed E-state index contributed by atoms with van der Waals surface area (Å²) in [6.07, 6.45) is 5.97. The lowest BCUT2D eigenvalue weighted by Gasteiger charge is -2.17. The van der Waals surface area contributed by atoms with Gasteiger partial charge < -0.3 is 14.5 Å². The van der Waals surface area contributed by atoms with Gasteiger partial charge in [-0.3, -0.25) is 14.4 Å². The molecular weight excluding hydrogens is 576 g/mol. The lowest BCUT2D eigenvalue weighted by molar-refractivity contribution is -0.141. The van der Waals surface area contributed by atoms with Gasteiger partial charge in [0.1, 0.15) is 5.71 Å². The van der Waals surface area contributed by atoms with Crippen LogP contribution in [-0.4, -0.2) is 44.6 Å². The number of hydrogen-bond donors (Lipinski definition) is 1. The molecule has 1 heterocycles. The number of thioether (sulfide) groups is 1. The molecule has 1 atom stereocenters. The number of oxime groups is 1. The molecule has 4 aromatic rings. The minimum atomic E-state index is -0.902. The number of ketones is 2. The predicted octanol–water partition coefficient (Wildman–Crippen LogP) is 7.12. The van der Waals surface area contributed by atoms with E-state index in [0.29, 0.717) is 40.3 Å². The minimum absolute atomic E-state index is 0.0560. The summed E-state index contributed by atoms with van der Waals surface area (Å²) >= 11 is 1.34. The predicted molar refractivity (Wildman–Crippen MR) is 173 cm³/mol. The Kier molecular flexibility index (Phi) is 9.25. The van der Waals surface area contributed by atoms with E-state index in [-0.39, 0.29) is 17.9 Å². The molecule has 1 unspecified atom stereocenters. The Balaban J connectivity index is 1.48. The number of carboxylic acids is 1. The van der Waals surface area contributed by atoms with Crippen LogP contribution in [0, 0.1) is 12.8 Å². The number of benzene rings is 3. The first-order valence-corrected chi connectivity index (χ1v) is 15.4. The molecule has 44 heavy (non-hydrogen) atoms. The number of carbonyl (C=O) groups is 4. The summed E-state index contributed by atoms with van der Waals surface area (Å²) in [6.45, 7) is 5.85. The third-order valence-electron chi connectivity index (χ3n) is 7.66. The van der Waals surface area contributed by atoms with Crippen molar-refractivity contribution in [3.8, 4) is 0 Å². The number of fused-ring (bicyclic) bond motifs is 3. The average molecular weight is 609 g/mol. The quantitative estimate of drug-likeness (QED) is 0.0834. The fourth-order valence-corrected chi connectivity index (χ4v) is 6.55. The first-order chi connectivity index (χ1) is 21.2. The molecule has 0 aliphatic heterocycles. The van der Waals surface area contributed by atoms with Crippen molar-refractivity contribution in [2.45, 2.75) is 40.2 Å². The van der Waals surface area contributed by atoms with E-state index in [1.807, 2.05) is 74.5 Å². The number of allylic oxidation sites excluding steroid dienone is 3. The van der Waals surface area contributed by atoms with Crippen LogP contribution in [0.3, 0.4) is 0 Å². The standard InChI is InChI=1S/C35H32N2O6S/c1-4-37-30-15-13-23(33(39)25-10-6-5-9-21(25)2)19-27(30)28-20-24(14-16-31(28)37)34(40)29(36-43-22(3)38)17-18-44-32-12-8-7-11-26(32)35(41)42/h5-10,12-16,19-20,26H,4,11,17-18H2,1-3H3,(H,41,42)/b36-29+. The third kappa shape index (κ3) is 6.28. The van der Waals surface area contributed by atoms with Crippen LogP contribution in [0.25, 0.3) is 21.8 Å². The first-order valence-electron chi connectivity index (χ1n) is 14.4. The van der Waals surface area contributed by atoms with Crippen LogP contribution in [0.4, 0.5) is 0 Å². The zero-order chi connectivity index (χ0) is 31.4. The summed E-state index contributed by atoms with van der Waals surface area (Å²) in [5.41, 5.74) is 4.38. The van der Waals surface area contributed by atoms with Crippen LogP contribution in [-0.2, 0) is 21.0 Å². The number of aromatic nitrogens is 1. The molecule has 8 nitrogen and oxygen atoms in total. The lowest BCUT2D eigenvalue weighted by atomic mass is 9.97. The van der Waals surface area contributed by atoms with Crippen molar-refractivity contribution < 1.29 is 29.1 Å². The molecule has 1 N–H and O–H groups in total. The van der Waals surface area contributed by atoms with Gasteiger partial charge >= 0.3 is 11.9 Å². The Hall–Kier alpha value is -4.76. The molecule has 0 fully saturated rings. The summed E-state index contributed by atoms with van der Waals surface area (Å²) in [6, 6.07) is 18.5. The van der Waals surface area contributed by atoms with Crippen LogP contribution in [0.1, 0.15) is 58.5 Å². The Morgan fingerprint density at radius 2 is 1.68 bits per heavy atom. The number of nitrogens with zero attached hydrogens (tertiary/aromatic N) is 2. The van der Waals surface area contributed by atoms with Crippen LogP contribution >= 0.6 is 11.8 Å². The number of aryl methyl sites for hydroxylation is 2. The highest BCUT2D eigenvalue weighted by molar-refractivity contribution is 8.03. The van der Waals surface area contributed by atoms with Crippen molar-refractivity contribution >= 4 is 62.8 Å². The van der Waals surface area contributed by atoms with Gasteiger partial charge in [-0.05, 0) is 67.1 Å². The maximum absolute atomic E-state index is 13.8. The molecule has 1 aromatic heterocycles. The summed E-state index contributed by atoms with van der Waals surface area (Å²) in [5, 5.41) is 15.1. The largest absolute Gasteiger partial charge is 0.481 e. The Bertz CT molecular complexity index is 1900. The average Bonchev–Trinajstić information content (AvgIpc) is 3.34. The number of carboxylic acid groups (broad SMARTS) is 1. The molecule has 0 bridgehead atoms. The Morgan fingerprint density at radius 1 is 1.00 bits per heavy atom. The van der Waals surface area contributed by atoms with E-state index in [4.69, 9.17) is 4.84 Å². The van der Waals surface area contributed by atoms with Gasteiger partial charge in [-0.15, -0.1) is 11.8 Å². The molecule has 0 radical (unpaired) electrons. The van der Waals surface area contributed by atoms with Crippen LogP contribution in [0.2, 0.25) is 0 Å². The number of aliphatic carboxylic acids is 1. The van der Waals surface area contributed by atoms with E-state index >= 15 is 0 Å². The molecule has 5 rings (SSSR count). The van der Waals surface area contributed by atoms with E-state index < -0.39 is 23.6 Å². The van der Waals surface area contributed by atoms with Crippen molar-refractivity contribution in [2.24, 2.45) is 11.1 Å². The van der Waals surface area contributed by atoms with Gasteiger partial charge in [0.05, 0.1) is 5.92 Å². The second kappa shape index (κ2) is 13.3. The molecule has 3 aromatic carbocycles. The summed E-state index contributed by atoms with van der Waals surface area (Å²) in [7, 11) is 0. The zero-order valence-corrected chi connectivity index (χ0v) is 25.5. The SMILES string of the molecule is CCn1c2ccc(C(=O)/C(CCSC3=CC=CCC3C(=O)O)=N/OC(C)=O)cc2c2cc(C(=O)c3ccccc3C)ccc21. The number of rotatable bonds is 11. The Labute approximate surface area is 259 Å². The van der Waals surface area contributed by atoms with Crippen LogP contribution < -0.4 is 0 Å². The van der Waals surface area contributed by atoms with Gasteiger partial charge in [-0.2, -0.15) is 0 Å². The van der Waals surface area contributed by atoms with E-state index in [2.05, 4.69) is 9.72 Å². The number of hydrogen-bond acceptors (Lipinski definition) is 7. The van der Waals surface area contributed by atoms with Crippen molar-refractivity contribution in [1.29, 1.82) is 0 Å². The van der Waals surface area contributed by atoms with Gasteiger partial charge in [-0.25, -0.2) is 4.79 Å². The monoisotopic (exact) mass is 608 g/mol. The fourth-order valence-electron chi connectivity index (χ4n) is 5.44. The van der Waals surface area contributed by atoms with Crippen molar-refractivity contribution in [2.75, 3.05) is 5.75 Å². The highest BCUT2D eigenvalue weighted by Crippen LogP contribution is 2.33. The second-order valence-corrected chi connectivity index (χ2v) is 11.7. The van der Waals surface area contributed by atoms with E-state index in [1.54, 1.807) is 18.2 Å². The highest BCUT2D eigenvalue weighted by Gasteiger charge is 2.24. The van der Waals surface area contributed by atoms with Gasteiger partial charge in [0.15, 0.2) is 5.78 Å². The molecule has 9 heteroatoms. The zero-order valence-electron chi connectivity index (χ0n) is 24.7. The summed E-state index contributed by atoms with van der Waals surface area (Å²) in [5.74, 6) is -2.28.